The fourth-order valence-corrected chi connectivity index (χ4v) is 5.56. The minimum atomic E-state index is -0.150. The van der Waals surface area contributed by atoms with Crippen molar-refractivity contribution >= 4 is 22.6 Å². The summed E-state index contributed by atoms with van der Waals surface area (Å²) in [7, 11) is 0. The van der Waals surface area contributed by atoms with Gasteiger partial charge in [0.05, 0.1) is 17.1 Å². The van der Waals surface area contributed by atoms with Crippen molar-refractivity contribution in [3.8, 4) is 22.6 Å². The standard InChI is InChI=1S/C32H29NO/c1-5-21(6-2)22-14-16-23(17-15-22)24-18-19-27-26(20-24)32(3,4)25-10-9-13-30-31(25)33(27)28-11-7-8-12-29(28)34-30/h5,7-20H,6H2,1-4H3. The van der Waals surface area contributed by atoms with E-state index in [0.717, 1.165) is 29.3 Å². The zero-order valence-electron chi connectivity index (χ0n) is 20.2. The first-order valence-corrected chi connectivity index (χ1v) is 12.1. The molecule has 6 rings (SSSR count). The Morgan fingerprint density at radius 2 is 1.53 bits per heavy atom. The highest BCUT2D eigenvalue weighted by Crippen LogP contribution is 2.59. The molecule has 0 saturated heterocycles. The highest BCUT2D eigenvalue weighted by atomic mass is 16.5. The van der Waals surface area contributed by atoms with E-state index in [9.17, 15) is 0 Å². The lowest BCUT2D eigenvalue weighted by molar-refractivity contribution is 0.471. The molecule has 0 aromatic heterocycles. The molecule has 0 aliphatic carbocycles. The average molecular weight is 444 g/mol. The molecule has 4 aromatic carbocycles. The normalized spacial score (nSPS) is 15.2. The van der Waals surface area contributed by atoms with Crippen molar-refractivity contribution < 1.29 is 4.74 Å². The molecule has 0 unspecified atom stereocenters. The van der Waals surface area contributed by atoms with Gasteiger partial charge >= 0.3 is 0 Å². The van der Waals surface area contributed by atoms with Crippen LogP contribution in [0.3, 0.4) is 0 Å². The zero-order chi connectivity index (χ0) is 23.4. The molecule has 2 heteroatoms. The van der Waals surface area contributed by atoms with Crippen LogP contribution in [-0.4, -0.2) is 0 Å². The second-order valence-corrected chi connectivity index (χ2v) is 9.66. The number of anilines is 3. The Kier molecular flexibility index (Phi) is 4.67. The topological polar surface area (TPSA) is 12.5 Å². The van der Waals surface area contributed by atoms with Gasteiger partial charge < -0.3 is 9.64 Å². The molecule has 0 N–H and O–H groups in total. The Bertz CT molecular complexity index is 1440. The van der Waals surface area contributed by atoms with Crippen LogP contribution in [0, 0.1) is 0 Å². The van der Waals surface area contributed by atoms with E-state index in [1.165, 1.54) is 39.1 Å². The molecule has 0 bridgehead atoms. The van der Waals surface area contributed by atoms with Crippen molar-refractivity contribution in [2.24, 2.45) is 0 Å². The molecular weight excluding hydrogens is 414 g/mol. The maximum Gasteiger partial charge on any atom is 0.151 e. The lowest BCUT2D eigenvalue weighted by atomic mass is 9.72. The summed E-state index contributed by atoms with van der Waals surface area (Å²) in [5, 5.41) is 0. The number of hydrogen-bond donors (Lipinski definition) is 0. The van der Waals surface area contributed by atoms with Gasteiger partial charge in [0.25, 0.3) is 0 Å². The predicted molar refractivity (Wildman–Crippen MR) is 143 cm³/mol. The SMILES string of the molecule is CC=C(CC)c1ccc(-c2ccc3c(c2)C(C)(C)c2cccc4c2N3c2ccccc2O4)cc1. The summed E-state index contributed by atoms with van der Waals surface area (Å²) < 4.78 is 6.33. The van der Waals surface area contributed by atoms with Gasteiger partial charge in [0, 0.05) is 5.41 Å². The first-order valence-electron chi connectivity index (χ1n) is 12.1. The Morgan fingerprint density at radius 3 is 2.29 bits per heavy atom. The molecule has 0 saturated carbocycles. The number of fused-ring (bicyclic) bond motifs is 4. The Balaban J connectivity index is 1.52. The van der Waals surface area contributed by atoms with Gasteiger partial charge in [-0.05, 0) is 77.1 Å². The van der Waals surface area contributed by atoms with Crippen molar-refractivity contribution in [2.75, 3.05) is 4.90 Å². The molecule has 0 amide bonds. The van der Waals surface area contributed by atoms with Crippen LogP contribution in [0.1, 0.15) is 50.8 Å². The van der Waals surface area contributed by atoms with Crippen molar-refractivity contribution in [3.63, 3.8) is 0 Å². The Morgan fingerprint density at radius 1 is 0.794 bits per heavy atom. The second-order valence-electron chi connectivity index (χ2n) is 9.66. The summed E-state index contributed by atoms with van der Waals surface area (Å²) in [4.78, 5) is 2.39. The quantitative estimate of drug-likeness (QED) is 0.275. The van der Waals surface area contributed by atoms with Crippen LogP contribution in [0.5, 0.6) is 11.5 Å². The molecule has 0 atom stereocenters. The van der Waals surface area contributed by atoms with Crippen LogP contribution in [0.4, 0.5) is 17.1 Å². The third-order valence-electron chi connectivity index (χ3n) is 7.45. The fourth-order valence-electron chi connectivity index (χ4n) is 5.56. The maximum atomic E-state index is 6.33. The van der Waals surface area contributed by atoms with Gasteiger partial charge in [-0.15, -0.1) is 0 Å². The number of allylic oxidation sites excluding steroid dienone is 2. The van der Waals surface area contributed by atoms with Gasteiger partial charge in [0.2, 0.25) is 0 Å². The van der Waals surface area contributed by atoms with Crippen LogP contribution >= 0.6 is 0 Å². The molecule has 2 heterocycles. The lowest BCUT2D eigenvalue weighted by Crippen LogP contribution is -2.32. The fraction of sp³-hybridized carbons (Fsp3) is 0.188. The molecule has 0 spiro atoms. The molecule has 0 fully saturated rings. The third-order valence-corrected chi connectivity index (χ3v) is 7.45. The smallest absolute Gasteiger partial charge is 0.151 e. The van der Waals surface area contributed by atoms with Crippen molar-refractivity contribution in [2.45, 2.75) is 39.5 Å². The number of hydrogen-bond acceptors (Lipinski definition) is 2. The first-order chi connectivity index (χ1) is 16.5. The van der Waals surface area contributed by atoms with E-state index in [1.54, 1.807) is 0 Å². The van der Waals surface area contributed by atoms with Gasteiger partial charge in [-0.1, -0.05) is 81.4 Å². The molecule has 4 aromatic rings. The number of ether oxygens (including phenoxy) is 1. The van der Waals surface area contributed by atoms with Crippen molar-refractivity contribution in [3.05, 3.63) is 108 Å². The highest BCUT2D eigenvalue weighted by molar-refractivity contribution is 5.93. The molecule has 0 radical (unpaired) electrons. The van der Waals surface area contributed by atoms with E-state index in [-0.39, 0.29) is 5.41 Å². The van der Waals surface area contributed by atoms with Gasteiger partial charge in [-0.25, -0.2) is 0 Å². The second kappa shape index (κ2) is 7.63. The maximum absolute atomic E-state index is 6.33. The molecule has 2 aliphatic heterocycles. The van der Waals surface area contributed by atoms with Crippen molar-refractivity contribution in [1.29, 1.82) is 0 Å². The summed E-state index contributed by atoms with van der Waals surface area (Å²) in [6, 6.07) is 30.7. The van der Waals surface area contributed by atoms with Crippen LogP contribution in [-0.2, 0) is 5.41 Å². The monoisotopic (exact) mass is 443 g/mol. The van der Waals surface area contributed by atoms with Gasteiger partial charge in [0.15, 0.2) is 11.5 Å². The summed E-state index contributed by atoms with van der Waals surface area (Å²) in [5.41, 5.74) is 11.1. The summed E-state index contributed by atoms with van der Waals surface area (Å²) in [6.07, 6.45) is 3.26. The van der Waals surface area contributed by atoms with Gasteiger partial charge in [0.1, 0.15) is 0 Å². The molecule has 34 heavy (non-hydrogen) atoms. The number of nitrogens with zero attached hydrogens (tertiary/aromatic N) is 1. The van der Waals surface area contributed by atoms with Gasteiger partial charge in [-0.2, -0.15) is 0 Å². The van der Waals surface area contributed by atoms with Crippen LogP contribution < -0.4 is 9.64 Å². The van der Waals surface area contributed by atoms with Crippen LogP contribution in [0.15, 0.2) is 91.0 Å². The third kappa shape index (κ3) is 2.95. The Labute approximate surface area is 202 Å². The predicted octanol–water partition coefficient (Wildman–Crippen LogP) is 9.38. The average Bonchev–Trinajstić information content (AvgIpc) is 2.87. The minimum absolute atomic E-state index is 0.150. The summed E-state index contributed by atoms with van der Waals surface area (Å²) in [5.74, 6) is 1.82. The summed E-state index contributed by atoms with van der Waals surface area (Å²) >= 11 is 0. The lowest BCUT2D eigenvalue weighted by Gasteiger charge is -2.45. The van der Waals surface area contributed by atoms with Crippen LogP contribution in [0.2, 0.25) is 0 Å². The zero-order valence-corrected chi connectivity index (χ0v) is 20.2. The molecule has 168 valence electrons. The van der Waals surface area contributed by atoms with Crippen LogP contribution in [0.25, 0.3) is 16.7 Å². The molecular formula is C32H29NO. The summed E-state index contributed by atoms with van der Waals surface area (Å²) in [6.45, 7) is 8.98. The first kappa shape index (κ1) is 20.8. The van der Waals surface area contributed by atoms with E-state index < -0.39 is 0 Å². The highest BCUT2D eigenvalue weighted by Gasteiger charge is 2.41. The van der Waals surface area contributed by atoms with E-state index in [2.05, 4.69) is 118 Å². The Hall–Kier alpha value is -3.78. The molecule has 2 nitrogen and oxygen atoms in total. The van der Waals surface area contributed by atoms with E-state index in [4.69, 9.17) is 4.74 Å². The number of benzene rings is 4. The van der Waals surface area contributed by atoms with E-state index >= 15 is 0 Å². The number of para-hydroxylation sites is 3. The van der Waals surface area contributed by atoms with E-state index in [1.807, 2.05) is 6.07 Å². The largest absolute Gasteiger partial charge is 0.453 e. The van der Waals surface area contributed by atoms with E-state index in [0.29, 0.717) is 0 Å². The van der Waals surface area contributed by atoms with Gasteiger partial charge in [-0.3, -0.25) is 0 Å². The van der Waals surface area contributed by atoms with Crippen molar-refractivity contribution in [1.82, 2.24) is 0 Å². The minimum Gasteiger partial charge on any atom is -0.453 e. The molecule has 2 aliphatic rings. The number of rotatable bonds is 3.